The summed E-state index contributed by atoms with van der Waals surface area (Å²) < 4.78 is 15.6. The van der Waals surface area contributed by atoms with Gasteiger partial charge in [-0.25, -0.2) is 4.68 Å². The molecule has 0 spiro atoms. The van der Waals surface area contributed by atoms with Gasteiger partial charge in [-0.05, 0) is 43.4 Å². The Morgan fingerprint density at radius 2 is 1.83 bits per heavy atom. The second-order valence-corrected chi connectivity index (χ2v) is 7.50. The average Bonchev–Trinajstić information content (AvgIpc) is 3.15. The number of para-hydroxylation sites is 2. The van der Waals surface area contributed by atoms with E-state index in [-0.39, 0.29) is 0 Å². The highest BCUT2D eigenvalue weighted by Crippen LogP contribution is 2.28. The predicted octanol–water partition coefficient (Wildman–Crippen LogP) is 3.59. The summed E-state index contributed by atoms with van der Waals surface area (Å²) in [5.74, 6) is 1.75. The quantitative estimate of drug-likeness (QED) is 0.539. The Hall–Kier alpha value is -2.84. The van der Waals surface area contributed by atoms with Crippen LogP contribution in [-0.4, -0.2) is 59.1 Å². The van der Waals surface area contributed by atoms with Crippen molar-refractivity contribution in [3.63, 3.8) is 0 Å². The first kappa shape index (κ1) is 20.4. The molecule has 4 rings (SSSR count). The van der Waals surface area contributed by atoms with Crippen molar-refractivity contribution in [3.8, 4) is 17.2 Å². The lowest BCUT2D eigenvalue weighted by Crippen LogP contribution is -2.47. The fraction of sp³-hybridized carbons (Fsp3) is 0.364. The maximum absolute atomic E-state index is 5.79. The molecule has 0 N–H and O–H groups in total. The standard InChI is InChI=1S/C22H27N5O2S/c1-3-29-21-10-5-4-9-20(21)25-13-11-24(12-14-25)17-27-22(30)26(16-23-27)18-7-6-8-19(15-18)28-2/h4-10,15-16H,3,11-14,17H2,1-2H3. The lowest BCUT2D eigenvalue weighted by molar-refractivity contribution is 0.194. The predicted molar refractivity (Wildman–Crippen MR) is 120 cm³/mol. The van der Waals surface area contributed by atoms with Gasteiger partial charge >= 0.3 is 0 Å². The van der Waals surface area contributed by atoms with Crippen LogP contribution in [0.1, 0.15) is 6.92 Å². The first-order valence-corrected chi connectivity index (χ1v) is 10.6. The van der Waals surface area contributed by atoms with E-state index in [1.54, 1.807) is 13.4 Å². The van der Waals surface area contributed by atoms with Crippen molar-refractivity contribution >= 4 is 17.9 Å². The third-order valence-corrected chi connectivity index (χ3v) is 5.68. The lowest BCUT2D eigenvalue weighted by atomic mass is 10.2. The zero-order chi connectivity index (χ0) is 20.9. The average molecular weight is 426 g/mol. The summed E-state index contributed by atoms with van der Waals surface area (Å²) in [6, 6.07) is 16.1. The van der Waals surface area contributed by atoms with Gasteiger partial charge in [0.15, 0.2) is 0 Å². The molecule has 1 aliphatic heterocycles. The lowest BCUT2D eigenvalue weighted by Gasteiger charge is -2.36. The fourth-order valence-electron chi connectivity index (χ4n) is 3.69. The van der Waals surface area contributed by atoms with Crippen molar-refractivity contribution in [2.24, 2.45) is 0 Å². The molecule has 0 radical (unpaired) electrons. The summed E-state index contributed by atoms with van der Waals surface area (Å²) in [4.78, 5) is 4.76. The van der Waals surface area contributed by atoms with Crippen LogP contribution in [0, 0.1) is 4.77 Å². The summed E-state index contributed by atoms with van der Waals surface area (Å²) >= 11 is 5.67. The number of piperazine rings is 1. The molecule has 0 saturated carbocycles. The van der Waals surface area contributed by atoms with Crippen LogP contribution in [0.25, 0.3) is 5.69 Å². The van der Waals surface area contributed by atoms with E-state index < -0.39 is 0 Å². The van der Waals surface area contributed by atoms with E-state index >= 15 is 0 Å². The number of hydrogen-bond donors (Lipinski definition) is 0. The molecule has 1 aliphatic rings. The number of ether oxygens (including phenoxy) is 2. The highest BCUT2D eigenvalue weighted by molar-refractivity contribution is 7.71. The normalized spacial score (nSPS) is 14.7. The third-order valence-electron chi connectivity index (χ3n) is 5.28. The molecular formula is C22H27N5O2S. The minimum absolute atomic E-state index is 0.672. The highest BCUT2D eigenvalue weighted by Gasteiger charge is 2.20. The smallest absolute Gasteiger partial charge is 0.203 e. The number of aromatic nitrogens is 3. The second kappa shape index (κ2) is 9.32. The largest absolute Gasteiger partial charge is 0.497 e. The summed E-state index contributed by atoms with van der Waals surface area (Å²) in [6.45, 7) is 7.12. The van der Waals surface area contributed by atoms with Gasteiger partial charge in [0, 0.05) is 32.2 Å². The van der Waals surface area contributed by atoms with E-state index in [1.807, 2.05) is 52.6 Å². The topological polar surface area (TPSA) is 47.7 Å². The first-order chi connectivity index (χ1) is 14.7. The van der Waals surface area contributed by atoms with Crippen LogP contribution in [0.15, 0.2) is 54.9 Å². The van der Waals surface area contributed by atoms with Crippen LogP contribution in [0.3, 0.4) is 0 Å². The van der Waals surface area contributed by atoms with Crippen LogP contribution < -0.4 is 14.4 Å². The van der Waals surface area contributed by atoms with Crippen molar-refractivity contribution in [1.29, 1.82) is 0 Å². The van der Waals surface area contributed by atoms with Gasteiger partial charge in [0.05, 0.1) is 31.8 Å². The van der Waals surface area contributed by atoms with E-state index in [4.69, 9.17) is 21.7 Å². The van der Waals surface area contributed by atoms with Gasteiger partial charge in [0.2, 0.25) is 4.77 Å². The Morgan fingerprint density at radius 3 is 2.60 bits per heavy atom. The van der Waals surface area contributed by atoms with Gasteiger partial charge in [-0.15, -0.1) is 0 Å². The number of benzene rings is 2. The van der Waals surface area contributed by atoms with E-state index in [9.17, 15) is 0 Å². The van der Waals surface area contributed by atoms with Crippen molar-refractivity contribution in [3.05, 3.63) is 59.6 Å². The van der Waals surface area contributed by atoms with Crippen LogP contribution in [0.5, 0.6) is 11.5 Å². The molecule has 0 aliphatic carbocycles. The fourth-order valence-corrected chi connectivity index (χ4v) is 3.94. The molecule has 1 fully saturated rings. The van der Waals surface area contributed by atoms with Gasteiger partial charge in [-0.1, -0.05) is 18.2 Å². The van der Waals surface area contributed by atoms with Crippen molar-refractivity contribution in [1.82, 2.24) is 19.2 Å². The molecule has 0 bridgehead atoms. The minimum atomic E-state index is 0.672. The Kier molecular flexibility index (Phi) is 6.35. The summed E-state index contributed by atoms with van der Waals surface area (Å²) in [7, 11) is 1.66. The molecule has 30 heavy (non-hydrogen) atoms. The Labute approximate surface area is 182 Å². The van der Waals surface area contributed by atoms with E-state index in [0.29, 0.717) is 18.0 Å². The second-order valence-electron chi connectivity index (χ2n) is 7.13. The zero-order valence-corrected chi connectivity index (χ0v) is 18.2. The highest BCUT2D eigenvalue weighted by atomic mass is 32.1. The molecule has 0 amide bonds. The molecule has 0 atom stereocenters. The molecule has 8 heteroatoms. The van der Waals surface area contributed by atoms with Crippen LogP contribution in [-0.2, 0) is 6.67 Å². The SMILES string of the molecule is CCOc1ccccc1N1CCN(Cn2ncn(-c3cccc(OC)c3)c2=S)CC1. The molecule has 7 nitrogen and oxygen atoms in total. The van der Waals surface area contributed by atoms with E-state index in [1.165, 1.54) is 0 Å². The molecule has 1 saturated heterocycles. The number of methoxy groups -OCH3 is 1. The first-order valence-electron chi connectivity index (χ1n) is 10.2. The third kappa shape index (κ3) is 4.34. The van der Waals surface area contributed by atoms with Gasteiger partial charge in [0.25, 0.3) is 0 Å². The van der Waals surface area contributed by atoms with Crippen molar-refractivity contribution in [2.45, 2.75) is 13.6 Å². The van der Waals surface area contributed by atoms with Gasteiger partial charge in [-0.3, -0.25) is 9.47 Å². The molecular weight excluding hydrogens is 398 g/mol. The molecule has 0 unspecified atom stereocenters. The maximum atomic E-state index is 5.79. The zero-order valence-electron chi connectivity index (χ0n) is 17.4. The number of hydrogen-bond acceptors (Lipinski definition) is 6. The summed E-state index contributed by atoms with van der Waals surface area (Å²) in [5.41, 5.74) is 2.11. The van der Waals surface area contributed by atoms with Gasteiger partial charge < -0.3 is 14.4 Å². The van der Waals surface area contributed by atoms with Gasteiger partial charge in [-0.2, -0.15) is 5.10 Å². The Bertz CT molecular complexity index is 1040. The van der Waals surface area contributed by atoms with E-state index in [2.05, 4.69) is 27.0 Å². The number of nitrogens with zero attached hydrogens (tertiary/aromatic N) is 5. The minimum Gasteiger partial charge on any atom is -0.497 e. The van der Waals surface area contributed by atoms with Crippen LogP contribution in [0.2, 0.25) is 0 Å². The molecule has 158 valence electrons. The Balaban J connectivity index is 1.41. The van der Waals surface area contributed by atoms with Gasteiger partial charge in [0.1, 0.15) is 17.8 Å². The maximum Gasteiger partial charge on any atom is 0.203 e. The monoisotopic (exact) mass is 425 g/mol. The van der Waals surface area contributed by atoms with Crippen LogP contribution >= 0.6 is 12.2 Å². The number of anilines is 1. The van der Waals surface area contributed by atoms with Crippen molar-refractivity contribution in [2.75, 3.05) is 44.8 Å². The Morgan fingerprint density at radius 1 is 1.03 bits per heavy atom. The molecule has 3 aromatic rings. The van der Waals surface area contributed by atoms with Crippen molar-refractivity contribution < 1.29 is 9.47 Å². The molecule has 1 aromatic heterocycles. The van der Waals surface area contributed by atoms with E-state index in [0.717, 1.165) is 49.1 Å². The summed E-state index contributed by atoms with van der Waals surface area (Å²) in [5, 5.41) is 4.52. The number of rotatable bonds is 7. The molecule has 2 heterocycles. The molecule has 2 aromatic carbocycles. The van der Waals surface area contributed by atoms with Crippen LogP contribution in [0.4, 0.5) is 5.69 Å². The summed E-state index contributed by atoms with van der Waals surface area (Å²) in [6.07, 6.45) is 1.77.